The lowest BCUT2D eigenvalue weighted by Gasteiger charge is -2.36. The van der Waals surface area contributed by atoms with Gasteiger partial charge in [-0.1, -0.05) is 18.9 Å². The number of hydrogen-bond donors (Lipinski definition) is 0. The Bertz CT molecular complexity index is 332. The van der Waals surface area contributed by atoms with Gasteiger partial charge in [-0.2, -0.15) is 0 Å². The summed E-state index contributed by atoms with van der Waals surface area (Å²) in [5, 5.41) is 0. The van der Waals surface area contributed by atoms with Crippen molar-refractivity contribution in [1.29, 1.82) is 0 Å². The highest BCUT2D eigenvalue weighted by molar-refractivity contribution is 5.27. The summed E-state index contributed by atoms with van der Waals surface area (Å²) in [6.07, 6.45) is 10.3. The SMILES string of the molecule is c1cnc2c(c1)CCC1CCCCC21. The summed E-state index contributed by atoms with van der Waals surface area (Å²) in [6, 6.07) is 4.36. The molecule has 0 amide bonds. The second kappa shape index (κ2) is 3.38. The second-order valence-corrected chi connectivity index (χ2v) is 4.74. The van der Waals surface area contributed by atoms with Crippen molar-refractivity contribution >= 4 is 0 Å². The number of rotatable bonds is 0. The Morgan fingerprint density at radius 1 is 1.14 bits per heavy atom. The number of aromatic nitrogens is 1. The third kappa shape index (κ3) is 1.26. The standard InChI is InChI=1S/C13H17N/c1-2-6-12-10(4-1)7-8-11-5-3-9-14-13(11)12/h3,5,9-10,12H,1-2,4,6-8H2. The molecule has 1 nitrogen and oxygen atoms in total. The molecule has 2 atom stereocenters. The van der Waals surface area contributed by atoms with E-state index in [1.807, 2.05) is 6.20 Å². The van der Waals surface area contributed by atoms with Gasteiger partial charge in [0, 0.05) is 17.8 Å². The van der Waals surface area contributed by atoms with Crippen LogP contribution in [0.25, 0.3) is 0 Å². The summed E-state index contributed by atoms with van der Waals surface area (Å²) >= 11 is 0. The first-order chi connectivity index (χ1) is 6.95. The van der Waals surface area contributed by atoms with Crippen LogP contribution in [0.2, 0.25) is 0 Å². The van der Waals surface area contributed by atoms with Crippen LogP contribution in [0.1, 0.15) is 49.3 Å². The van der Waals surface area contributed by atoms with Crippen LogP contribution in [0.4, 0.5) is 0 Å². The van der Waals surface area contributed by atoms with E-state index >= 15 is 0 Å². The highest BCUT2D eigenvalue weighted by Crippen LogP contribution is 2.43. The van der Waals surface area contributed by atoms with E-state index in [0.29, 0.717) is 0 Å². The van der Waals surface area contributed by atoms with Gasteiger partial charge in [-0.15, -0.1) is 0 Å². The first-order valence-electron chi connectivity index (χ1n) is 5.89. The van der Waals surface area contributed by atoms with Gasteiger partial charge in [0.15, 0.2) is 0 Å². The van der Waals surface area contributed by atoms with Crippen molar-refractivity contribution < 1.29 is 0 Å². The minimum Gasteiger partial charge on any atom is -0.261 e. The number of fused-ring (bicyclic) bond motifs is 3. The lowest BCUT2D eigenvalue weighted by atomic mass is 9.70. The first-order valence-corrected chi connectivity index (χ1v) is 5.89. The maximum Gasteiger partial charge on any atom is 0.0469 e. The van der Waals surface area contributed by atoms with Crippen molar-refractivity contribution in [3.8, 4) is 0 Å². The van der Waals surface area contributed by atoms with Crippen molar-refractivity contribution in [3.05, 3.63) is 29.6 Å². The van der Waals surface area contributed by atoms with E-state index in [2.05, 4.69) is 17.1 Å². The molecule has 0 saturated heterocycles. The molecule has 0 bridgehead atoms. The van der Waals surface area contributed by atoms with Gasteiger partial charge in [0.1, 0.15) is 0 Å². The monoisotopic (exact) mass is 187 g/mol. The zero-order chi connectivity index (χ0) is 9.38. The molecule has 3 rings (SSSR count). The van der Waals surface area contributed by atoms with E-state index in [-0.39, 0.29) is 0 Å². The molecule has 1 heterocycles. The zero-order valence-electron chi connectivity index (χ0n) is 8.58. The summed E-state index contributed by atoms with van der Waals surface area (Å²) in [6.45, 7) is 0. The van der Waals surface area contributed by atoms with Crippen molar-refractivity contribution in [3.63, 3.8) is 0 Å². The molecule has 1 heteroatoms. The summed E-state index contributed by atoms with van der Waals surface area (Å²) in [5.41, 5.74) is 2.96. The Morgan fingerprint density at radius 3 is 3.07 bits per heavy atom. The maximum absolute atomic E-state index is 4.60. The minimum absolute atomic E-state index is 0.800. The van der Waals surface area contributed by atoms with Crippen molar-refractivity contribution in [2.45, 2.75) is 44.4 Å². The Hall–Kier alpha value is -0.850. The number of hydrogen-bond acceptors (Lipinski definition) is 1. The summed E-state index contributed by atoms with van der Waals surface area (Å²) in [4.78, 5) is 4.60. The van der Waals surface area contributed by atoms with E-state index in [1.54, 1.807) is 0 Å². The third-order valence-electron chi connectivity index (χ3n) is 3.97. The summed E-state index contributed by atoms with van der Waals surface area (Å²) in [5.74, 6) is 1.75. The normalized spacial score (nSPS) is 30.6. The van der Waals surface area contributed by atoms with Crippen LogP contribution in [0.15, 0.2) is 18.3 Å². The van der Waals surface area contributed by atoms with Gasteiger partial charge in [0.05, 0.1) is 0 Å². The van der Waals surface area contributed by atoms with E-state index in [9.17, 15) is 0 Å². The smallest absolute Gasteiger partial charge is 0.0469 e. The van der Waals surface area contributed by atoms with Crippen molar-refractivity contribution in [2.24, 2.45) is 5.92 Å². The molecule has 2 aliphatic carbocycles. The van der Waals surface area contributed by atoms with Crippen LogP contribution in [-0.2, 0) is 6.42 Å². The topological polar surface area (TPSA) is 12.9 Å². The van der Waals surface area contributed by atoms with Gasteiger partial charge < -0.3 is 0 Å². The lowest BCUT2D eigenvalue weighted by molar-refractivity contribution is 0.270. The molecule has 0 N–H and O–H groups in total. The molecule has 1 fully saturated rings. The highest BCUT2D eigenvalue weighted by Gasteiger charge is 2.31. The molecule has 0 aliphatic heterocycles. The van der Waals surface area contributed by atoms with Crippen molar-refractivity contribution in [2.75, 3.05) is 0 Å². The van der Waals surface area contributed by atoms with Crippen LogP contribution in [0, 0.1) is 5.92 Å². The molecular formula is C13H17N. The van der Waals surface area contributed by atoms with Gasteiger partial charge in [-0.05, 0) is 43.2 Å². The minimum atomic E-state index is 0.800. The quantitative estimate of drug-likeness (QED) is 0.607. The van der Waals surface area contributed by atoms with Crippen molar-refractivity contribution in [1.82, 2.24) is 4.98 Å². The van der Waals surface area contributed by atoms with E-state index in [1.165, 1.54) is 49.8 Å². The summed E-state index contributed by atoms with van der Waals surface area (Å²) < 4.78 is 0. The molecule has 0 aromatic carbocycles. The lowest BCUT2D eigenvalue weighted by Crippen LogP contribution is -2.24. The summed E-state index contributed by atoms with van der Waals surface area (Å²) in [7, 11) is 0. The fourth-order valence-corrected chi connectivity index (χ4v) is 3.25. The van der Waals surface area contributed by atoms with E-state index < -0.39 is 0 Å². The fraction of sp³-hybridized carbons (Fsp3) is 0.615. The van der Waals surface area contributed by atoms with E-state index in [0.717, 1.165) is 11.8 Å². The van der Waals surface area contributed by atoms with Crippen LogP contribution in [0.3, 0.4) is 0 Å². The Kier molecular flexibility index (Phi) is 2.04. The van der Waals surface area contributed by atoms with Gasteiger partial charge in [0.2, 0.25) is 0 Å². The zero-order valence-corrected chi connectivity index (χ0v) is 8.58. The average Bonchev–Trinajstić information content (AvgIpc) is 2.29. The number of pyridine rings is 1. The first kappa shape index (κ1) is 8.46. The van der Waals surface area contributed by atoms with E-state index in [4.69, 9.17) is 0 Å². The third-order valence-corrected chi connectivity index (χ3v) is 3.97. The molecular weight excluding hydrogens is 170 g/mol. The van der Waals surface area contributed by atoms with Crippen LogP contribution >= 0.6 is 0 Å². The Morgan fingerprint density at radius 2 is 2.07 bits per heavy atom. The molecule has 2 aliphatic rings. The molecule has 14 heavy (non-hydrogen) atoms. The average molecular weight is 187 g/mol. The maximum atomic E-state index is 4.60. The molecule has 2 unspecified atom stereocenters. The molecule has 74 valence electrons. The predicted octanol–water partition coefficient (Wildman–Crippen LogP) is 3.30. The van der Waals surface area contributed by atoms with Gasteiger partial charge in [-0.25, -0.2) is 0 Å². The Labute approximate surface area is 85.6 Å². The Balaban J connectivity index is 1.99. The highest BCUT2D eigenvalue weighted by atomic mass is 14.7. The molecule has 0 radical (unpaired) electrons. The molecule has 0 spiro atoms. The predicted molar refractivity (Wildman–Crippen MR) is 57.3 cm³/mol. The van der Waals surface area contributed by atoms with Crippen LogP contribution < -0.4 is 0 Å². The molecule has 1 aromatic rings. The number of nitrogens with zero attached hydrogens (tertiary/aromatic N) is 1. The van der Waals surface area contributed by atoms with Gasteiger partial charge >= 0.3 is 0 Å². The molecule has 1 aromatic heterocycles. The largest absolute Gasteiger partial charge is 0.261 e. The fourth-order valence-electron chi connectivity index (χ4n) is 3.25. The van der Waals surface area contributed by atoms with Gasteiger partial charge in [-0.3, -0.25) is 4.98 Å². The van der Waals surface area contributed by atoms with Crippen LogP contribution in [-0.4, -0.2) is 4.98 Å². The number of aryl methyl sites for hydroxylation is 1. The molecule has 1 saturated carbocycles. The van der Waals surface area contributed by atoms with Crippen LogP contribution in [0.5, 0.6) is 0 Å². The van der Waals surface area contributed by atoms with Gasteiger partial charge in [0.25, 0.3) is 0 Å². The second-order valence-electron chi connectivity index (χ2n) is 4.74.